The third-order valence-corrected chi connectivity index (χ3v) is 6.82. The van der Waals surface area contributed by atoms with Crippen LogP contribution >= 0.6 is 0 Å². The fourth-order valence-electron chi connectivity index (χ4n) is 5.36. The van der Waals surface area contributed by atoms with Crippen molar-refractivity contribution in [2.45, 2.75) is 88.6 Å². The Morgan fingerprint density at radius 1 is 1.15 bits per heavy atom. The molecule has 33 heavy (non-hydrogen) atoms. The van der Waals surface area contributed by atoms with Crippen LogP contribution in [0.25, 0.3) is 0 Å². The number of hydrogen-bond donors (Lipinski definition) is 2. The summed E-state index contributed by atoms with van der Waals surface area (Å²) < 4.78 is 40.1. The van der Waals surface area contributed by atoms with Crippen LogP contribution in [-0.2, 0) is 11.0 Å². The first kappa shape index (κ1) is 25.3. The van der Waals surface area contributed by atoms with E-state index in [0.29, 0.717) is 32.1 Å². The van der Waals surface area contributed by atoms with Gasteiger partial charge in [0.2, 0.25) is 5.91 Å². The predicted molar refractivity (Wildman–Crippen MR) is 117 cm³/mol. The summed E-state index contributed by atoms with van der Waals surface area (Å²) in [6.45, 7) is 5.77. The van der Waals surface area contributed by atoms with Crippen molar-refractivity contribution in [3.8, 4) is 0 Å². The first-order valence-corrected chi connectivity index (χ1v) is 11.4. The van der Waals surface area contributed by atoms with Crippen molar-refractivity contribution >= 4 is 12.0 Å². The molecule has 2 aliphatic rings. The second kappa shape index (κ2) is 9.16. The van der Waals surface area contributed by atoms with Crippen LogP contribution in [0.5, 0.6) is 0 Å². The number of carbonyl (C=O) groups is 2. The zero-order valence-corrected chi connectivity index (χ0v) is 19.4. The number of amides is 2. The van der Waals surface area contributed by atoms with E-state index in [9.17, 15) is 33.0 Å². The lowest BCUT2D eigenvalue weighted by Crippen LogP contribution is -2.53. The van der Waals surface area contributed by atoms with Crippen LogP contribution in [0.3, 0.4) is 0 Å². The summed E-state index contributed by atoms with van der Waals surface area (Å²) in [7, 11) is 0. The molecule has 1 aliphatic heterocycles. The molecule has 2 fully saturated rings. The highest BCUT2D eigenvalue weighted by molar-refractivity contribution is 5.85. The van der Waals surface area contributed by atoms with Crippen LogP contribution < -0.4 is 0 Å². The molecular formula is C24H33F3N2O4. The van der Waals surface area contributed by atoms with Crippen molar-refractivity contribution < 1.29 is 33.0 Å². The Hall–Kier alpha value is -2.29. The minimum absolute atomic E-state index is 0.147. The maximum atomic E-state index is 13.7. The normalized spacial score (nSPS) is 22.2. The van der Waals surface area contributed by atoms with Crippen LogP contribution in [0, 0.1) is 0 Å². The second-order valence-electron chi connectivity index (χ2n) is 10.3. The molecule has 3 rings (SSSR count). The zero-order valence-electron chi connectivity index (χ0n) is 19.4. The lowest BCUT2D eigenvalue weighted by molar-refractivity contribution is -0.142. The Morgan fingerprint density at radius 2 is 1.79 bits per heavy atom. The molecule has 1 heterocycles. The van der Waals surface area contributed by atoms with Crippen molar-refractivity contribution in [2.75, 3.05) is 13.1 Å². The van der Waals surface area contributed by atoms with Crippen molar-refractivity contribution in [2.24, 2.45) is 0 Å². The number of alkyl halides is 3. The summed E-state index contributed by atoms with van der Waals surface area (Å²) >= 11 is 0. The van der Waals surface area contributed by atoms with Crippen LogP contribution in [0.4, 0.5) is 18.0 Å². The minimum Gasteiger partial charge on any atom is -0.465 e. The van der Waals surface area contributed by atoms with Gasteiger partial charge in [-0.15, -0.1) is 0 Å². The molecule has 1 aromatic carbocycles. The fourth-order valence-corrected chi connectivity index (χ4v) is 5.36. The molecule has 0 spiro atoms. The number of rotatable bonds is 4. The molecule has 0 radical (unpaired) electrons. The highest BCUT2D eigenvalue weighted by Crippen LogP contribution is 2.43. The van der Waals surface area contributed by atoms with Gasteiger partial charge in [0.05, 0.1) is 23.1 Å². The average molecular weight is 471 g/mol. The van der Waals surface area contributed by atoms with Crippen LogP contribution in [-0.4, -0.2) is 62.3 Å². The number of hydrogen-bond acceptors (Lipinski definition) is 3. The predicted octanol–water partition coefficient (Wildman–Crippen LogP) is 4.86. The number of benzene rings is 1. The number of halogens is 3. The Bertz CT molecular complexity index is 875. The van der Waals surface area contributed by atoms with Crippen molar-refractivity contribution in [3.05, 3.63) is 35.4 Å². The van der Waals surface area contributed by atoms with Gasteiger partial charge in [0.15, 0.2) is 0 Å². The molecular weight excluding hydrogens is 437 g/mol. The van der Waals surface area contributed by atoms with Gasteiger partial charge in [-0.25, -0.2) is 4.79 Å². The molecule has 1 saturated heterocycles. The van der Waals surface area contributed by atoms with Gasteiger partial charge < -0.3 is 15.1 Å². The van der Waals surface area contributed by atoms with E-state index in [1.165, 1.54) is 21.9 Å². The maximum absolute atomic E-state index is 13.7. The van der Waals surface area contributed by atoms with E-state index in [-0.39, 0.29) is 18.7 Å². The standard InChI is InChI=1S/C24H33F3N2O4/c1-22(2,3)29(21(31)32)18-10-13-28(15-18)20(30)19(23(33)11-5-4-6-12-23)16-8-7-9-17(14-16)24(25,26)27/h7-9,14,18-19,33H,4-6,10-13,15H2,1-3H3,(H,31,32)/t18-,19?/m1/s1. The summed E-state index contributed by atoms with van der Waals surface area (Å²) in [5, 5.41) is 21.2. The second-order valence-corrected chi connectivity index (χ2v) is 10.3. The molecule has 1 aromatic rings. The molecule has 0 aromatic heterocycles. The summed E-state index contributed by atoms with van der Waals surface area (Å²) in [6, 6.07) is 4.23. The number of likely N-dealkylation sites (tertiary alicyclic amines) is 1. The van der Waals surface area contributed by atoms with Crippen molar-refractivity contribution in [3.63, 3.8) is 0 Å². The van der Waals surface area contributed by atoms with Crippen molar-refractivity contribution in [1.82, 2.24) is 9.80 Å². The molecule has 2 N–H and O–H groups in total. The Kier molecular flexibility index (Phi) is 7.03. The van der Waals surface area contributed by atoms with E-state index in [1.807, 2.05) is 0 Å². The first-order valence-electron chi connectivity index (χ1n) is 11.4. The Morgan fingerprint density at radius 3 is 2.33 bits per heavy atom. The zero-order chi connectivity index (χ0) is 24.6. The van der Waals surface area contributed by atoms with Gasteiger partial charge in [0, 0.05) is 18.6 Å². The van der Waals surface area contributed by atoms with Crippen LogP contribution in [0.2, 0.25) is 0 Å². The fraction of sp³-hybridized carbons (Fsp3) is 0.667. The summed E-state index contributed by atoms with van der Waals surface area (Å²) in [4.78, 5) is 28.4. The lowest BCUT2D eigenvalue weighted by Gasteiger charge is -2.41. The monoisotopic (exact) mass is 470 g/mol. The smallest absolute Gasteiger partial charge is 0.416 e. The van der Waals surface area contributed by atoms with Gasteiger partial charge >= 0.3 is 12.3 Å². The highest BCUT2D eigenvalue weighted by atomic mass is 19.4. The van der Waals surface area contributed by atoms with Gasteiger partial charge in [-0.3, -0.25) is 9.69 Å². The average Bonchev–Trinajstić information content (AvgIpc) is 3.16. The van der Waals surface area contributed by atoms with Crippen molar-refractivity contribution in [1.29, 1.82) is 0 Å². The molecule has 1 unspecified atom stereocenters. The molecule has 1 aliphatic carbocycles. The summed E-state index contributed by atoms with van der Waals surface area (Å²) in [5.41, 5.74) is -2.82. The highest BCUT2D eigenvalue weighted by Gasteiger charge is 2.47. The van der Waals surface area contributed by atoms with Crippen LogP contribution in [0.15, 0.2) is 24.3 Å². The van der Waals surface area contributed by atoms with Gasteiger partial charge in [-0.1, -0.05) is 37.5 Å². The number of carbonyl (C=O) groups excluding carboxylic acids is 1. The van der Waals surface area contributed by atoms with Gasteiger partial charge in [0.1, 0.15) is 0 Å². The van der Waals surface area contributed by atoms with E-state index in [0.717, 1.165) is 18.6 Å². The van der Waals surface area contributed by atoms with E-state index < -0.39 is 46.8 Å². The molecule has 9 heteroatoms. The topological polar surface area (TPSA) is 81.1 Å². The van der Waals surface area contributed by atoms with E-state index in [2.05, 4.69) is 0 Å². The number of carboxylic acid groups (broad SMARTS) is 1. The van der Waals surface area contributed by atoms with Gasteiger partial charge in [-0.2, -0.15) is 13.2 Å². The van der Waals surface area contributed by atoms with E-state index in [4.69, 9.17) is 0 Å². The molecule has 184 valence electrons. The molecule has 2 atom stereocenters. The molecule has 1 saturated carbocycles. The van der Waals surface area contributed by atoms with Gasteiger partial charge in [-0.05, 0) is 51.7 Å². The quantitative estimate of drug-likeness (QED) is 0.658. The Labute approximate surface area is 192 Å². The van der Waals surface area contributed by atoms with Gasteiger partial charge in [0.25, 0.3) is 0 Å². The van der Waals surface area contributed by atoms with E-state index in [1.54, 1.807) is 20.8 Å². The molecule has 0 bridgehead atoms. The lowest BCUT2D eigenvalue weighted by atomic mass is 9.72. The maximum Gasteiger partial charge on any atom is 0.416 e. The Balaban J connectivity index is 1.94. The summed E-state index contributed by atoms with van der Waals surface area (Å²) in [5.74, 6) is -1.58. The number of nitrogens with zero attached hydrogens (tertiary/aromatic N) is 2. The van der Waals surface area contributed by atoms with Crippen LogP contribution in [0.1, 0.15) is 76.3 Å². The first-order chi connectivity index (χ1) is 15.2. The minimum atomic E-state index is -4.56. The third-order valence-electron chi connectivity index (χ3n) is 6.82. The number of aliphatic hydroxyl groups is 1. The molecule has 2 amide bonds. The SMILES string of the molecule is CC(C)(C)N(C(=O)O)[C@@H]1CCN(C(=O)C(c2cccc(C(F)(F)F)c2)C2(O)CCCCC2)C1. The van der Waals surface area contributed by atoms with E-state index >= 15 is 0 Å². The third kappa shape index (κ3) is 5.45. The largest absolute Gasteiger partial charge is 0.465 e. The summed E-state index contributed by atoms with van der Waals surface area (Å²) in [6.07, 6.45) is -2.26. The molecule has 6 nitrogen and oxygen atoms in total.